The molecule has 8 nitrogen and oxygen atoms in total. The van der Waals surface area contributed by atoms with E-state index >= 15 is 0 Å². The second kappa shape index (κ2) is 7.86. The van der Waals surface area contributed by atoms with Crippen molar-refractivity contribution >= 4 is 17.5 Å². The highest BCUT2D eigenvalue weighted by atomic mass is 19.1. The van der Waals surface area contributed by atoms with Crippen LogP contribution in [-0.2, 0) is 0 Å². The van der Waals surface area contributed by atoms with Gasteiger partial charge in [-0.25, -0.2) is 13.9 Å². The molecule has 0 unspecified atom stereocenters. The number of halogens is 1. The van der Waals surface area contributed by atoms with Gasteiger partial charge in [0.15, 0.2) is 5.82 Å². The lowest BCUT2D eigenvalue weighted by molar-refractivity contribution is 0.252. The zero-order valence-corrected chi connectivity index (χ0v) is 13.2. The van der Waals surface area contributed by atoms with E-state index in [9.17, 15) is 9.18 Å². The van der Waals surface area contributed by atoms with Crippen LogP contribution in [-0.4, -0.2) is 39.1 Å². The zero-order valence-electron chi connectivity index (χ0n) is 13.2. The molecule has 128 valence electrons. The maximum absolute atomic E-state index is 13.4. The van der Waals surface area contributed by atoms with Gasteiger partial charge in [-0.05, 0) is 30.3 Å². The summed E-state index contributed by atoms with van der Waals surface area (Å²) < 4.78 is 15.0. The van der Waals surface area contributed by atoms with E-state index in [4.69, 9.17) is 0 Å². The van der Waals surface area contributed by atoms with Crippen LogP contribution in [0.1, 0.15) is 0 Å². The second-order valence-corrected chi connectivity index (χ2v) is 5.01. The molecule has 1 aromatic carbocycles. The molecular formula is C16H16FN7O. The number of urea groups is 1. The molecule has 0 aliphatic carbocycles. The monoisotopic (exact) mass is 341 g/mol. The Kier molecular flexibility index (Phi) is 5.15. The number of nitrogens with one attached hydrogen (secondary N) is 3. The third-order valence-corrected chi connectivity index (χ3v) is 3.23. The molecule has 9 heteroatoms. The first-order valence-corrected chi connectivity index (χ1v) is 7.59. The van der Waals surface area contributed by atoms with E-state index in [1.165, 1.54) is 12.1 Å². The van der Waals surface area contributed by atoms with E-state index in [0.29, 0.717) is 24.7 Å². The van der Waals surface area contributed by atoms with E-state index in [0.717, 1.165) is 0 Å². The Hall–Kier alpha value is -3.49. The lowest BCUT2D eigenvalue weighted by Crippen LogP contribution is -2.33. The molecular weight excluding hydrogens is 325 g/mol. The number of hydrogen-bond donors (Lipinski definition) is 3. The van der Waals surface area contributed by atoms with Crippen LogP contribution in [0.4, 0.5) is 20.7 Å². The van der Waals surface area contributed by atoms with Crippen molar-refractivity contribution in [2.45, 2.75) is 0 Å². The molecule has 3 N–H and O–H groups in total. The smallest absolute Gasteiger partial charge is 0.319 e. The molecule has 0 bridgehead atoms. The number of aromatic nitrogens is 4. The van der Waals surface area contributed by atoms with Crippen molar-refractivity contribution in [1.29, 1.82) is 0 Å². The summed E-state index contributed by atoms with van der Waals surface area (Å²) in [6.07, 6.45) is 3.43. The topological polar surface area (TPSA) is 96.8 Å². The highest BCUT2D eigenvalue weighted by Crippen LogP contribution is 2.11. The minimum Gasteiger partial charge on any atom is -0.367 e. The predicted molar refractivity (Wildman–Crippen MR) is 91.1 cm³/mol. The molecule has 3 aromatic rings. The molecule has 2 amide bonds. The second-order valence-electron chi connectivity index (χ2n) is 5.01. The van der Waals surface area contributed by atoms with Gasteiger partial charge in [-0.3, -0.25) is 0 Å². The first-order chi connectivity index (χ1) is 12.2. The standard InChI is InChI=1S/C16H16FN7O/c17-12-4-1-2-5-13(12)21-16(25)19-10-9-18-14-6-7-15(23-22-14)24-11-3-8-20-24/h1-8,11H,9-10H2,(H,18,22)(H2,19,21,25). The molecule has 2 heterocycles. The van der Waals surface area contributed by atoms with Gasteiger partial charge in [0, 0.05) is 25.5 Å². The van der Waals surface area contributed by atoms with Gasteiger partial charge in [0.25, 0.3) is 0 Å². The van der Waals surface area contributed by atoms with Crippen molar-refractivity contribution in [2.24, 2.45) is 0 Å². The first kappa shape index (κ1) is 16.4. The van der Waals surface area contributed by atoms with Crippen LogP contribution >= 0.6 is 0 Å². The number of hydrogen-bond acceptors (Lipinski definition) is 5. The number of nitrogens with zero attached hydrogens (tertiary/aromatic N) is 4. The minimum atomic E-state index is -0.483. The molecule has 0 atom stereocenters. The Balaban J connectivity index is 1.41. The summed E-state index contributed by atoms with van der Waals surface area (Å²) >= 11 is 0. The molecule has 0 aliphatic rings. The van der Waals surface area contributed by atoms with E-state index in [2.05, 4.69) is 31.2 Å². The van der Waals surface area contributed by atoms with Crippen molar-refractivity contribution in [1.82, 2.24) is 25.3 Å². The Morgan fingerprint density at radius 2 is 1.96 bits per heavy atom. The Bertz CT molecular complexity index is 821. The van der Waals surface area contributed by atoms with Crippen LogP contribution in [0.2, 0.25) is 0 Å². The first-order valence-electron chi connectivity index (χ1n) is 7.59. The lowest BCUT2D eigenvalue weighted by atomic mass is 10.3. The zero-order chi connectivity index (χ0) is 17.5. The molecule has 25 heavy (non-hydrogen) atoms. The molecule has 0 fully saturated rings. The highest BCUT2D eigenvalue weighted by molar-refractivity contribution is 5.89. The maximum atomic E-state index is 13.4. The SMILES string of the molecule is O=C(NCCNc1ccc(-n2cccn2)nn1)Nc1ccccc1F. The van der Waals surface area contributed by atoms with E-state index in [1.807, 2.05) is 0 Å². The average Bonchev–Trinajstić information content (AvgIpc) is 3.16. The molecule has 0 saturated carbocycles. The van der Waals surface area contributed by atoms with Gasteiger partial charge in [-0.15, -0.1) is 10.2 Å². The van der Waals surface area contributed by atoms with Crippen molar-refractivity contribution < 1.29 is 9.18 Å². The summed E-state index contributed by atoms with van der Waals surface area (Å²) in [6, 6.07) is 10.8. The van der Waals surface area contributed by atoms with Crippen LogP contribution in [0.25, 0.3) is 5.82 Å². The van der Waals surface area contributed by atoms with Crippen LogP contribution in [0, 0.1) is 5.82 Å². The number of carbonyl (C=O) groups is 1. The van der Waals surface area contributed by atoms with Crippen LogP contribution in [0.3, 0.4) is 0 Å². The highest BCUT2D eigenvalue weighted by Gasteiger charge is 2.05. The van der Waals surface area contributed by atoms with Gasteiger partial charge in [0.1, 0.15) is 11.6 Å². The minimum absolute atomic E-state index is 0.132. The summed E-state index contributed by atoms with van der Waals surface area (Å²) in [4.78, 5) is 11.7. The molecule has 3 rings (SSSR count). The van der Waals surface area contributed by atoms with Crippen molar-refractivity contribution in [2.75, 3.05) is 23.7 Å². The van der Waals surface area contributed by atoms with Crippen molar-refractivity contribution in [3.63, 3.8) is 0 Å². The van der Waals surface area contributed by atoms with Crippen LogP contribution < -0.4 is 16.0 Å². The number of para-hydroxylation sites is 1. The quantitative estimate of drug-likeness (QED) is 0.596. The Morgan fingerprint density at radius 1 is 1.08 bits per heavy atom. The van der Waals surface area contributed by atoms with Crippen LogP contribution in [0.5, 0.6) is 0 Å². The third kappa shape index (κ3) is 4.50. The third-order valence-electron chi connectivity index (χ3n) is 3.23. The van der Waals surface area contributed by atoms with E-state index in [-0.39, 0.29) is 5.69 Å². The molecule has 0 radical (unpaired) electrons. The molecule has 0 saturated heterocycles. The number of benzene rings is 1. The fourth-order valence-corrected chi connectivity index (χ4v) is 2.04. The summed E-state index contributed by atoms with van der Waals surface area (Å²) in [5.41, 5.74) is 0.132. The summed E-state index contributed by atoms with van der Waals surface area (Å²) in [5.74, 6) is 0.702. The fraction of sp³-hybridized carbons (Fsp3) is 0.125. The average molecular weight is 341 g/mol. The number of rotatable bonds is 6. The fourth-order valence-electron chi connectivity index (χ4n) is 2.04. The van der Waals surface area contributed by atoms with Crippen LogP contribution in [0.15, 0.2) is 54.9 Å². The normalized spacial score (nSPS) is 10.3. The van der Waals surface area contributed by atoms with Gasteiger partial charge >= 0.3 is 6.03 Å². The van der Waals surface area contributed by atoms with Gasteiger partial charge in [0.05, 0.1) is 5.69 Å². The Labute approximate surface area is 143 Å². The number of amides is 2. The summed E-state index contributed by atoms with van der Waals surface area (Å²) in [5, 5.41) is 20.2. The van der Waals surface area contributed by atoms with Gasteiger partial charge in [-0.1, -0.05) is 12.1 Å². The number of carbonyl (C=O) groups excluding carboxylic acids is 1. The number of anilines is 2. The van der Waals surface area contributed by atoms with Gasteiger partial charge < -0.3 is 16.0 Å². The van der Waals surface area contributed by atoms with E-state index in [1.54, 1.807) is 47.4 Å². The lowest BCUT2D eigenvalue weighted by Gasteiger charge is -2.09. The maximum Gasteiger partial charge on any atom is 0.319 e. The predicted octanol–water partition coefficient (Wildman–Crippen LogP) is 2.03. The van der Waals surface area contributed by atoms with Crippen molar-refractivity contribution in [3.05, 3.63) is 60.7 Å². The van der Waals surface area contributed by atoms with Gasteiger partial charge in [0.2, 0.25) is 0 Å². The Morgan fingerprint density at radius 3 is 2.68 bits per heavy atom. The largest absolute Gasteiger partial charge is 0.367 e. The van der Waals surface area contributed by atoms with Gasteiger partial charge in [-0.2, -0.15) is 5.10 Å². The summed E-state index contributed by atoms with van der Waals surface area (Å²) in [6.45, 7) is 0.781. The molecule has 0 spiro atoms. The summed E-state index contributed by atoms with van der Waals surface area (Å²) in [7, 11) is 0. The molecule has 2 aromatic heterocycles. The van der Waals surface area contributed by atoms with E-state index < -0.39 is 11.8 Å². The van der Waals surface area contributed by atoms with Crippen molar-refractivity contribution in [3.8, 4) is 5.82 Å². The molecule has 0 aliphatic heterocycles.